The normalized spacial score (nSPS) is 15.8. The Morgan fingerprint density at radius 1 is 1.30 bits per heavy atom. The maximum absolute atomic E-state index is 4.83. The second kappa shape index (κ2) is 5.36. The molecule has 3 heterocycles. The Bertz CT molecular complexity index is 569. The van der Waals surface area contributed by atoms with Crippen LogP contribution >= 0.6 is 0 Å². The summed E-state index contributed by atoms with van der Waals surface area (Å²) in [7, 11) is 2.15. The average Bonchev–Trinajstić information content (AvgIpc) is 3.04. The Kier molecular flexibility index (Phi) is 3.56. The van der Waals surface area contributed by atoms with Crippen LogP contribution in [0.2, 0.25) is 0 Å². The van der Waals surface area contributed by atoms with Gasteiger partial charge in [0.15, 0.2) is 0 Å². The molecule has 2 aromatic rings. The van der Waals surface area contributed by atoms with Gasteiger partial charge < -0.3 is 4.57 Å². The predicted octanol–water partition coefficient (Wildman–Crippen LogP) is 1.19. The standard InChI is InChI=1S/C14H22N6/c1-11(2)14-17-12-8-19(5-4-13(12)18(14)3)6-7-20-10-15-9-16-20/h9-11H,4-8H2,1-3H3. The largest absolute Gasteiger partial charge is 0.335 e. The minimum Gasteiger partial charge on any atom is -0.335 e. The second-order valence-electron chi connectivity index (χ2n) is 5.76. The van der Waals surface area contributed by atoms with Crippen LogP contribution in [0.5, 0.6) is 0 Å². The van der Waals surface area contributed by atoms with Crippen molar-refractivity contribution in [3.05, 3.63) is 29.9 Å². The smallest absolute Gasteiger partial charge is 0.137 e. The number of hydrogen-bond donors (Lipinski definition) is 0. The van der Waals surface area contributed by atoms with Crippen molar-refractivity contribution in [3.8, 4) is 0 Å². The molecule has 20 heavy (non-hydrogen) atoms. The van der Waals surface area contributed by atoms with Gasteiger partial charge in [0.05, 0.1) is 12.2 Å². The van der Waals surface area contributed by atoms with Crippen molar-refractivity contribution in [3.63, 3.8) is 0 Å². The highest BCUT2D eigenvalue weighted by Crippen LogP contribution is 2.23. The fourth-order valence-corrected chi connectivity index (χ4v) is 2.90. The van der Waals surface area contributed by atoms with Crippen LogP contribution in [0.3, 0.4) is 0 Å². The van der Waals surface area contributed by atoms with E-state index < -0.39 is 0 Å². The maximum atomic E-state index is 4.83. The maximum Gasteiger partial charge on any atom is 0.137 e. The summed E-state index contributed by atoms with van der Waals surface area (Å²) >= 11 is 0. The lowest BCUT2D eigenvalue weighted by Crippen LogP contribution is -2.33. The van der Waals surface area contributed by atoms with E-state index in [1.807, 2.05) is 4.68 Å². The minimum atomic E-state index is 0.481. The number of fused-ring (bicyclic) bond motifs is 1. The van der Waals surface area contributed by atoms with E-state index in [9.17, 15) is 0 Å². The molecule has 0 aromatic carbocycles. The fourth-order valence-electron chi connectivity index (χ4n) is 2.90. The number of hydrogen-bond acceptors (Lipinski definition) is 4. The van der Waals surface area contributed by atoms with Gasteiger partial charge in [-0.2, -0.15) is 5.10 Å². The first-order chi connectivity index (χ1) is 9.65. The van der Waals surface area contributed by atoms with Crippen molar-refractivity contribution < 1.29 is 0 Å². The summed E-state index contributed by atoms with van der Waals surface area (Å²) < 4.78 is 4.17. The molecule has 0 atom stereocenters. The second-order valence-corrected chi connectivity index (χ2v) is 5.76. The molecule has 0 saturated heterocycles. The van der Waals surface area contributed by atoms with Crippen LogP contribution < -0.4 is 0 Å². The molecule has 0 N–H and O–H groups in total. The first-order valence-electron chi connectivity index (χ1n) is 7.24. The van der Waals surface area contributed by atoms with Crippen molar-refractivity contribution in [2.45, 2.75) is 39.3 Å². The molecule has 0 radical (unpaired) electrons. The van der Waals surface area contributed by atoms with E-state index in [1.165, 1.54) is 17.2 Å². The third-order valence-corrected chi connectivity index (χ3v) is 4.00. The van der Waals surface area contributed by atoms with E-state index in [0.29, 0.717) is 5.92 Å². The summed E-state index contributed by atoms with van der Waals surface area (Å²) in [5, 5.41) is 4.15. The monoisotopic (exact) mass is 274 g/mol. The van der Waals surface area contributed by atoms with Gasteiger partial charge in [0, 0.05) is 44.7 Å². The Balaban J connectivity index is 1.67. The van der Waals surface area contributed by atoms with Crippen molar-refractivity contribution in [2.24, 2.45) is 7.05 Å². The number of nitrogens with zero attached hydrogens (tertiary/aromatic N) is 6. The Morgan fingerprint density at radius 2 is 2.15 bits per heavy atom. The van der Waals surface area contributed by atoms with Gasteiger partial charge in [0.25, 0.3) is 0 Å². The van der Waals surface area contributed by atoms with Crippen LogP contribution in [0.1, 0.15) is 37.0 Å². The highest BCUT2D eigenvalue weighted by Gasteiger charge is 2.23. The molecule has 0 fully saturated rings. The quantitative estimate of drug-likeness (QED) is 0.840. The predicted molar refractivity (Wildman–Crippen MR) is 76.3 cm³/mol. The minimum absolute atomic E-state index is 0.481. The molecule has 6 heteroatoms. The lowest BCUT2D eigenvalue weighted by atomic mass is 10.1. The first kappa shape index (κ1) is 13.3. The van der Waals surface area contributed by atoms with Crippen LogP contribution in [-0.4, -0.2) is 42.3 Å². The number of imidazole rings is 1. The molecule has 2 aromatic heterocycles. The van der Waals surface area contributed by atoms with Crippen LogP contribution in [-0.2, 0) is 26.6 Å². The van der Waals surface area contributed by atoms with Gasteiger partial charge in [-0.1, -0.05) is 13.8 Å². The molecule has 0 aliphatic carbocycles. The van der Waals surface area contributed by atoms with Crippen molar-refractivity contribution >= 4 is 0 Å². The zero-order valence-electron chi connectivity index (χ0n) is 12.5. The van der Waals surface area contributed by atoms with Gasteiger partial charge in [-0.3, -0.25) is 9.58 Å². The molecule has 3 rings (SSSR count). The van der Waals surface area contributed by atoms with Crippen LogP contribution in [0.4, 0.5) is 0 Å². The zero-order valence-corrected chi connectivity index (χ0v) is 12.5. The zero-order chi connectivity index (χ0) is 14.1. The van der Waals surface area contributed by atoms with Gasteiger partial charge >= 0.3 is 0 Å². The van der Waals surface area contributed by atoms with Crippen LogP contribution in [0.25, 0.3) is 0 Å². The molecule has 1 aliphatic rings. The Morgan fingerprint density at radius 3 is 2.85 bits per heavy atom. The van der Waals surface area contributed by atoms with Gasteiger partial charge in [-0.15, -0.1) is 0 Å². The van der Waals surface area contributed by atoms with E-state index in [1.54, 1.807) is 12.7 Å². The Hall–Kier alpha value is -1.69. The molecule has 0 amide bonds. The molecular weight excluding hydrogens is 252 g/mol. The average molecular weight is 274 g/mol. The van der Waals surface area contributed by atoms with E-state index in [4.69, 9.17) is 4.98 Å². The summed E-state index contributed by atoms with van der Waals surface area (Å²) in [5.41, 5.74) is 2.66. The topological polar surface area (TPSA) is 51.8 Å². The summed E-state index contributed by atoms with van der Waals surface area (Å²) in [6.07, 6.45) is 4.44. The summed E-state index contributed by atoms with van der Waals surface area (Å²) in [6, 6.07) is 0. The number of rotatable bonds is 4. The molecule has 108 valence electrons. The number of aromatic nitrogens is 5. The fraction of sp³-hybridized carbons (Fsp3) is 0.643. The molecular formula is C14H22N6. The highest BCUT2D eigenvalue weighted by atomic mass is 15.3. The molecule has 0 saturated carbocycles. The van der Waals surface area contributed by atoms with Crippen molar-refractivity contribution in [1.29, 1.82) is 0 Å². The van der Waals surface area contributed by atoms with Crippen LogP contribution in [0.15, 0.2) is 12.7 Å². The molecule has 0 spiro atoms. The van der Waals surface area contributed by atoms with E-state index >= 15 is 0 Å². The molecule has 0 unspecified atom stereocenters. The lowest BCUT2D eigenvalue weighted by Gasteiger charge is -2.26. The van der Waals surface area contributed by atoms with Gasteiger partial charge in [-0.25, -0.2) is 9.97 Å². The van der Waals surface area contributed by atoms with Crippen LogP contribution in [0, 0.1) is 0 Å². The molecule has 6 nitrogen and oxygen atoms in total. The summed E-state index contributed by atoms with van der Waals surface area (Å²) in [5.74, 6) is 1.68. The van der Waals surface area contributed by atoms with E-state index in [0.717, 1.165) is 32.6 Å². The molecule has 1 aliphatic heterocycles. The van der Waals surface area contributed by atoms with Gasteiger partial charge in [0.2, 0.25) is 0 Å². The van der Waals surface area contributed by atoms with Gasteiger partial charge in [-0.05, 0) is 0 Å². The SMILES string of the molecule is CC(C)c1nc2c(n1C)CCN(CCn1cncn1)C2. The van der Waals surface area contributed by atoms with E-state index in [2.05, 4.69) is 40.4 Å². The lowest BCUT2D eigenvalue weighted by molar-refractivity contribution is 0.235. The van der Waals surface area contributed by atoms with Crippen molar-refractivity contribution in [1.82, 2.24) is 29.2 Å². The molecule has 0 bridgehead atoms. The van der Waals surface area contributed by atoms with Gasteiger partial charge in [0.1, 0.15) is 18.5 Å². The van der Waals surface area contributed by atoms with E-state index in [-0.39, 0.29) is 0 Å². The first-order valence-corrected chi connectivity index (χ1v) is 7.24. The third kappa shape index (κ3) is 2.47. The summed E-state index contributed by atoms with van der Waals surface area (Å²) in [6.45, 7) is 8.34. The van der Waals surface area contributed by atoms with Crippen molar-refractivity contribution in [2.75, 3.05) is 13.1 Å². The third-order valence-electron chi connectivity index (χ3n) is 4.00. The Labute approximate surface area is 119 Å². The summed E-state index contributed by atoms with van der Waals surface area (Å²) in [4.78, 5) is 11.3. The highest BCUT2D eigenvalue weighted by molar-refractivity contribution is 5.21.